The molecule has 1 aliphatic heterocycles. The Morgan fingerprint density at radius 1 is 1.24 bits per heavy atom. The van der Waals surface area contributed by atoms with E-state index in [0.29, 0.717) is 23.4 Å². The number of fused-ring (bicyclic) bond motifs is 3. The van der Waals surface area contributed by atoms with Crippen molar-refractivity contribution in [3.8, 4) is 0 Å². The molecule has 0 bridgehead atoms. The topological polar surface area (TPSA) is 68.5 Å². The minimum Gasteiger partial charge on any atom is -0.492 e. The highest BCUT2D eigenvalue weighted by Crippen LogP contribution is 2.37. The molecule has 110 valence electrons. The standard InChI is InChI=1S/C16H17NO4/c1-8-11-13(14(19)9(2)16(21-3)15(11)20)17-6-4-5-10(7-18)12(8)17/h5,18H,4,6-7H2,1-3H3. The third-order valence-corrected chi connectivity index (χ3v) is 4.26. The fourth-order valence-corrected chi connectivity index (χ4v) is 3.31. The molecule has 1 aromatic rings. The second-order valence-corrected chi connectivity index (χ2v) is 5.34. The molecule has 0 unspecified atom stereocenters. The zero-order valence-electron chi connectivity index (χ0n) is 12.3. The molecule has 0 spiro atoms. The Labute approximate surface area is 122 Å². The lowest BCUT2D eigenvalue weighted by atomic mass is 9.91. The first-order valence-electron chi connectivity index (χ1n) is 6.90. The number of ketones is 2. The molecule has 5 nitrogen and oxygen atoms in total. The van der Waals surface area contributed by atoms with Crippen LogP contribution in [-0.2, 0) is 11.3 Å². The van der Waals surface area contributed by atoms with Gasteiger partial charge in [-0.1, -0.05) is 6.08 Å². The minimum absolute atomic E-state index is 0.102. The first-order chi connectivity index (χ1) is 10.0. The third kappa shape index (κ3) is 1.67. The van der Waals surface area contributed by atoms with E-state index in [0.717, 1.165) is 23.3 Å². The quantitative estimate of drug-likeness (QED) is 0.901. The van der Waals surface area contributed by atoms with Crippen molar-refractivity contribution in [2.24, 2.45) is 0 Å². The normalized spacial score (nSPS) is 17.6. The summed E-state index contributed by atoms with van der Waals surface area (Å²) in [7, 11) is 1.40. The number of carbonyl (C=O) groups excluding carboxylic acids is 2. The number of carbonyl (C=O) groups is 2. The minimum atomic E-state index is -0.249. The third-order valence-electron chi connectivity index (χ3n) is 4.26. The van der Waals surface area contributed by atoms with Crippen LogP contribution < -0.4 is 0 Å². The molecule has 0 fully saturated rings. The van der Waals surface area contributed by atoms with Gasteiger partial charge >= 0.3 is 0 Å². The maximum atomic E-state index is 12.6. The van der Waals surface area contributed by atoms with Crippen LogP contribution in [0, 0.1) is 6.92 Å². The van der Waals surface area contributed by atoms with E-state index >= 15 is 0 Å². The Morgan fingerprint density at radius 2 is 1.95 bits per heavy atom. The van der Waals surface area contributed by atoms with Crippen LogP contribution in [0.2, 0.25) is 0 Å². The molecular formula is C16H17NO4. The molecule has 5 heteroatoms. The summed E-state index contributed by atoms with van der Waals surface area (Å²) in [5, 5.41) is 9.52. The van der Waals surface area contributed by atoms with Gasteiger partial charge in [-0.25, -0.2) is 0 Å². The van der Waals surface area contributed by atoms with Crippen molar-refractivity contribution < 1.29 is 19.4 Å². The van der Waals surface area contributed by atoms with Gasteiger partial charge in [0.1, 0.15) is 5.69 Å². The predicted octanol–water partition coefficient (Wildman–Crippen LogP) is 1.88. The van der Waals surface area contributed by atoms with Crippen molar-refractivity contribution in [1.82, 2.24) is 4.57 Å². The van der Waals surface area contributed by atoms with Gasteiger partial charge in [0.2, 0.25) is 11.6 Å². The predicted molar refractivity (Wildman–Crippen MR) is 77.2 cm³/mol. The first-order valence-corrected chi connectivity index (χ1v) is 6.90. The second kappa shape index (κ2) is 4.70. The molecule has 1 aliphatic carbocycles. The van der Waals surface area contributed by atoms with Crippen molar-refractivity contribution in [3.63, 3.8) is 0 Å². The molecule has 21 heavy (non-hydrogen) atoms. The summed E-state index contributed by atoms with van der Waals surface area (Å²) < 4.78 is 6.99. The number of aromatic nitrogens is 1. The highest BCUT2D eigenvalue weighted by atomic mass is 16.5. The fourth-order valence-electron chi connectivity index (χ4n) is 3.31. The highest BCUT2D eigenvalue weighted by molar-refractivity contribution is 6.26. The highest BCUT2D eigenvalue weighted by Gasteiger charge is 2.38. The van der Waals surface area contributed by atoms with Crippen molar-refractivity contribution in [3.05, 3.63) is 39.9 Å². The number of nitrogens with zero attached hydrogens (tertiary/aromatic N) is 1. The molecule has 3 rings (SSSR count). The SMILES string of the molecule is COC1=C(C)C(=O)c2c(c(C)c3n2CCC=C3CO)C1=O. The lowest BCUT2D eigenvalue weighted by Gasteiger charge is -2.20. The van der Waals surface area contributed by atoms with E-state index in [1.165, 1.54) is 7.11 Å². The van der Waals surface area contributed by atoms with Crippen LogP contribution in [0.4, 0.5) is 0 Å². The Balaban J connectivity index is 2.33. The summed E-state index contributed by atoms with van der Waals surface area (Å²) in [6, 6.07) is 0. The van der Waals surface area contributed by atoms with E-state index in [9.17, 15) is 14.7 Å². The smallest absolute Gasteiger partial charge is 0.230 e. The van der Waals surface area contributed by atoms with Crippen LogP contribution in [-0.4, -0.2) is 35.0 Å². The summed E-state index contributed by atoms with van der Waals surface area (Å²) in [4.78, 5) is 25.2. The van der Waals surface area contributed by atoms with Crippen molar-refractivity contribution in [2.75, 3.05) is 13.7 Å². The van der Waals surface area contributed by atoms with Crippen LogP contribution in [0.3, 0.4) is 0 Å². The van der Waals surface area contributed by atoms with Crippen molar-refractivity contribution >= 4 is 17.1 Å². The largest absolute Gasteiger partial charge is 0.492 e. The lowest BCUT2D eigenvalue weighted by Crippen LogP contribution is -2.24. The van der Waals surface area contributed by atoms with E-state index in [1.807, 2.05) is 17.6 Å². The van der Waals surface area contributed by atoms with E-state index < -0.39 is 0 Å². The second-order valence-electron chi connectivity index (χ2n) is 5.34. The van der Waals surface area contributed by atoms with Gasteiger partial charge < -0.3 is 14.4 Å². The van der Waals surface area contributed by atoms with Gasteiger partial charge in [-0.2, -0.15) is 0 Å². The van der Waals surface area contributed by atoms with Gasteiger partial charge in [-0.05, 0) is 31.4 Å². The van der Waals surface area contributed by atoms with E-state index in [2.05, 4.69) is 0 Å². The average Bonchev–Trinajstić information content (AvgIpc) is 2.79. The molecule has 0 saturated heterocycles. The average molecular weight is 287 g/mol. The molecule has 1 aromatic heterocycles. The monoisotopic (exact) mass is 287 g/mol. The van der Waals surface area contributed by atoms with Crippen LogP contribution >= 0.6 is 0 Å². The number of ether oxygens (including phenoxy) is 1. The van der Waals surface area contributed by atoms with Gasteiger partial charge in [0.05, 0.1) is 25.0 Å². The van der Waals surface area contributed by atoms with E-state index in [-0.39, 0.29) is 23.9 Å². The van der Waals surface area contributed by atoms with Gasteiger partial charge in [0.25, 0.3) is 0 Å². The Morgan fingerprint density at radius 3 is 2.57 bits per heavy atom. The van der Waals surface area contributed by atoms with Crippen molar-refractivity contribution in [1.29, 1.82) is 0 Å². The molecule has 1 N–H and O–H groups in total. The van der Waals surface area contributed by atoms with Crippen LogP contribution in [0.1, 0.15) is 45.4 Å². The molecule has 0 atom stereocenters. The van der Waals surface area contributed by atoms with Gasteiger partial charge in [-0.15, -0.1) is 0 Å². The van der Waals surface area contributed by atoms with Gasteiger partial charge in [0, 0.05) is 12.1 Å². The van der Waals surface area contributed by atoms with E-state index in [1.54, 1.807) is 6.92 Å². The van der Waals surface area contributed by atoms with Crippen LogP contribution in [0.5, 0.6) is 0 Å². The number of methoxy groups -OCH3 is 1. The Kier molecular flexibility index (Phi) is 3.10. The number of Topliss-reactive ketones (excluding diaryl/α,β-unsaturated/α-hetero) is 2. The maximum Gasteiger partial charge on any atom is 0.230 e. The first kappa shape index (κ1) is 13.8. The summed E-state index contributed by atoms with van der Waals surface area (Å²) in [6.45, 7) is 3.97. The van der Waals surface area contributed by atoms with Crippen LogP contribution in [0.25, 0.3) is 5.57 Å². The molecular weight excluding hydrogens is 270 g/mol. The molecule has 0 saturated carbocycles. The fraction of sp³-hybridized carbons (Fsp3) is 0.375. The molecule has 0 amide bonds. The lowest BCUT2D eigenvalue weighted by molar-refractivity contribution is 0.0902. The van der Waals surface area contributed by atoms with E-state index in [4.69, 9.17) is 4.74 Å². The zero-order chi connectivity index (χ0) is 15.3. The number of hydrogen-bond donors (Lipinski definition) is 1. The summed E-state index contributed by atoms with van der Waals surface area (Å²) >= 11 is 0. The number of hydrogen-bond acceptors (Lipinski definition) is 4. The number of aliphatic hydroxyl groups excluding tert-OH is 1. The summed E-state index contributed by atoms with van der Waals surface area (Å²) in [5.74, 6) is -0.302. The van der Waals surface area contributed by atoms with Crippen LogP contribution in [0.15, 0.2) is 17.4 Å². The molecule has 0 radical (unpaired) electrons. The maximum absolute atomic E-state index is 12.6. The van der Waals surface area contributed by atoms with Gasteiger partial charge in [-0.3, -0.25) is 9.59 Å². The molecule has 2 heterocycles. The Hall–Kier alpha value is -2.14. The number of aliphatic hydroxyl groups is 1. The number of allylic oxidation sites excluding steroid dienone is 3. The summed E-state index contributed by atoms with van der Waals surface area (Å²) in [6.07, 6.45) is 2.70. The molecule has 0 aromatic carbocycles. The van der Waals surface area contributed by atoms with Gasteiger partial charge in [0.15, 0.2) is 5.76 Å². The summed E-state index contributed by atoms with van der Waals surface area (Å²) in [5.41, 5.74) is 3.50. The zero-order valence-corrected chi connectivity index (χ0v) is 12.3. The Bertz CT molecular complexity index is 734. The molecule has 2 aliphatic rings. The van der Waals surface area contributed by atoms with Crippen molar-refractivity contribution in [2.45, 2.75) is 26.8 Å². The number of rotatable bonds is 2.